The Kier molecular flexibility index (Phi) is 21.0. The molecule has 0 spiro atoms. The van der Waals surface area contributed by atoms with Gasteiger partial charge in [-0.15, -0.1) is 0 Å². The van der Waals surface area contributed by atoms with E-state index in [1.165, 1.54) is 18.2 Å². The maximum Gasteiger partial charge on any atom is 0.413 e. The van der Waals surface area contributed by atoms with E-state index in [0.717, 1.165) is 89.7 Å². The molecule has 0 N–H and O–H groups in total. The molecule has 12 heteroatoms. The molecule has 0 saturated carbocycles. The molecule has 12 nitrogen and oxygen atoms in total. The Hall–Kier alpha value is -5.48. The van der Waals surface area contributed by atoms with Gasteiger partial charge < -0.3 is 34.0 Å². The van der Waals surface area contributed by atoms with Crippen LogP contribution < -0.4 is 18.9 Å². The standard InChI is InChI=1S/C43H54N2O10/c1-3-5-27-50-35-21-17-33(18-22-35)41(47)54-37-25-26-39(55-42(48)34-19-23-36(24-20-34)51-28-6-4-2)38(31-37)43(49)53-30-16-14-12-10-8-7-9-11-13-15-29-52-40(46)32-45-44/h17-26,31-32H,3-16,27-30H2,1-2H3. The number of rotatable bonds is 27. The van der Waals surface area contributed by atoms with Gasteiger partial charge in [0.15, 0.2) is 0 Å². The lowest BCUT2D eigenvalue weighted by molar-refractivity contribution is -0.139. The first-order chi connectivity index (χ1) is 26.8. The fourth-order valence-electron chi connectivity index (χ4n) is 5.31. The largest absolute Gasteiger partial charge is 0.494 e. The van der Waals surface area contributed by atoms with Crippen molar-refractivity contribution in [2.75, 3.05) is 26.4 Å². The van der Waals surface area contributed by atoms with Gasteiger partial charge in [-0.2, -0.15) is 4.79 Å². The second kappa shape index (κ2) is 26.3. The molecular weight excluding hydrogens is 704 g/mol. The number of hydrogen-bond acceptors (Lipinski definition) is 10. The van der Waals surface area contributed by atoms with Crippen molar-refractivity contribution in [2.45, 2.75) is 104 Å². The average Bonchev–Trinajstić information content (AvgIpc) is 3.19. The predicted molar refractivity (Wildman–Crippen MR) is 207 cm³/mol. The highest BCUT2D eigenvalue weighted by molar-refractivity contribution is 6.20. The molecule has 0 aromatic heterocycles. The van der Waals surface area contributed by atoms with Crippen LogP contribution in [0.2, 0.25) is 0 Å². The summed E-state index contributed by atoms with van der Waals surface area (Å²) in [5.74, 6) is -1.29. The van der Waals surface area contributed by atoms with Gasteiger partial charge in [0.25, 0.3) is 0 Å². The van der Waals surface area contributed by atoms with Crippen molar-refractivity contribution in [3.63, 3.8) is 0 Å². The van der Waals surface area contributed by atoms with Gasteiger partial charge in [-0.25, -0.2) is 19.2 Å². The summed E-state index contributed by atoms with van der Waals surface area (Å²) in [6.07, 6.45) is 14.3. The van der Waals surface area contributed by atoms with Crippen LogP contribution in [0.15, 0.2) is 66.7 Å². The fraction of sp³-hybridized carbons (Fsp3) is 0.465. The normalized spacial score (nSPS) is 10.5. The van der Waals surface area contributed by atoms with Crippen molar-refractivity contribution in [3.05, 3.63) is 89.0 Å². The quantitative estimate of drug-likeness (QED) is 0.0183. The third kappa shape index (κ3) is 17.5. The predicted octanol–water partition coefficient (Wildman–Crippen LogP) is 9.38. The Morgan fingerprint density at radius 2 is 0.982 bits per heavy atom. The molecule has 55 heavy (non-hydrogen) atoms. The van der Waals surface area contributed by atoms with E-state index in [1.807, 2.05) is 0 Å². The zero-order valence-corrected chi connectivity index (χ0v) is 32.1. The van der Waals surface area contributed by atoms with Gasteiger partial charge in [-0.1, -0.05) is 78.1 Å². The van der Waals surface area contributed by atoms with E-state index in [9.17, 15) is 19.2 Å². The van der Waals surface area contributed by atoms with Crippen molar-refractivity contribution in [1.82, 2.24) is 0 Å². The molecule has 3 rings (SSSR count). The van der Waals surface area contributed by atoms with Crippen LogP contribution in [0.3, 0.4) is 0 Å². The zero-order chi connectivity index (χ0) is 39.5. The van der Waals surface area contributed by atoms with Crippen LogP contribution in [0.5, 0.6) is 23.0 Å². The maximum atomic E-state index is 13.3. The Balaban J connectivity index is 1.52. The number of esters is 4. The lowest BCUT2D eigenvalue weighted by Crippen LogP contribution is -2.14. The topological polar surface area (TPSA) is 160 Å². The number of carbonyl (C=O) groups is 4. The van der Waals surface area contributed by atoms with Crippen LogP contribution >= 0.6 is 0 Å². The molecular formula is C43H54N2O10. The van der Waals surface area contributed by atoms with Crippen LogP contribution in [-0.4, -0.2) is 61.3 Å². The van der Waals surface area contributed by atoms with E-state index in [2.05, 4.69) is 18.6 Å². The van der Waals surface area contributed by atoms with Crippen LogP contribution in [0.4, 0.5) is 0 Å². The Labute approximate surface area is 324 Å². The van der Waals surface area contributed by atoms with Crippen LogP contribution in [0, 0.1) is 0 Å². The highest BCUT2D eigenvalue weighted by Gasteiger charge is 2.21. The van der Waals surface area contributed by atoms with Crippen molar-refractivity contribution in [1.29, 1.82) is 0 Å². The molecule has 296 valence electrons. The van der Waals surface area contributed by atoms with Gasteiger partial charge in [-0.3, -0.25) is 0 Å². The van der Waals surface area contributed by atoms with Gasteiger partial charge in [0, 0.05) is 0 Å². The van der Waals surface area contributed by atoms with E-state index < -0.39 is 23.9 Å². The lowest BCUT2D eigenvalue weighted by atomic mass is 10.1. The Morgan fingerprint density at radius 3 is 1.47 bits per heavy atom. The number of hydrogen-bond donors (Lipinski definition) is 0. The number of benzene rings is 3. The number of carbonyl (C=O) groups excluding carboxylic acids is 4. The van der Waals surface area contributed by atoms with Gasteiger partial charge in [0.05, 0.1) is 37.6 Å². The summed E-state index contributed by atoms with van der Waals surface area (Å²) in [5.41, 5.74) is 8.82. The summed E-state index contributed by atoms with van der Waals surface area (Å²) in [6.45, 7) is 5.82. The van der Waals surface area contributed by atoms with Gasteiger partial charge in [0.1, 0.15) is 28.6 Å². The molecule has 0 aliphatic rings. The van der Waals surface area contributed by atoms with Crippen molar-refractivity contribution in [3.8, 4) is 23.0 Å². The Morgan fingerprint density at radius 1 is 0.527 bits per heavy atom. The van der Waals surface area contributed by atoms with E-state index in [-0.39, 0.29) is 29.2 Å². The number of nitrogens with zero attached hydrogens (tertiary/aromatic N) is 2. The molecule has 0 radical (unpaired) electrons. The van der Waals surface area contributed by atoms with Gasteiger partial charge in [0.2, 0.25) is 0 Å². The third-order valence-corrected chi connectivity index (χ3v) is 8.48. The molecule has 3 aromatic rings. The first-order valence-corrected chi connectivity index (χ1v) is 19.4. The lowest BCUT2D eigenvalue weighted by Gasteiger charge is -2.13. The fourth-order valence-corrected chi connectivity index (χ4v) is 5.31. The zero-order valence-electron chi connectivity index (χ0n) is 32.1. The summed E-state index contributed by atoms with van der Waals surface area (Å²) in [6, 6.07) is 17.4. The number of unbranched alkanes of at least 4 members (excludes halogenated alkanes) is 11. The molecule has 0 amide bonds. The summed E-state index contributed by atoms with van der Waals surface area (Å²) >= 11 is 0. The molecule has 0 heterocycles. The van der Waals surface area contributed by atoms with Gasteiger partial charge >= 0.3 is 30.1 Å². The van der Waals surface area contributed by atoms with Crippen molar-refractivity contribution in [2.24, 2.45) is 0 Å². The maximum absolute atomic E-state index is 13.3. The summed E-state index contributed by atoms with van der Waals surface area (Å²) in [4.78, 5) is 53.2. The molecule has 0 aliphatic carbocycles. The van der Waals surface area contributed by atoms with Crippen LogP contribution in [0.1, 0.15) is 135 Å². The molecule has 0 aliphatic heterocycles. The Bertz CT molecular complexity index is 1670. The van der Waals surface area contributed by atoms with E-state index in [1.54, 1.807) is 48.5 Å². The molecule has 0 saturated heterocycles. The second-order valence-electron chi connectivity index (χ2n) is 13.0. The SMILES string of the molecule is CCCCOc1ccc(C(=O)Oc2ccc(OC(=O)c3ccc(OCCCC)cc3)c(C(=O)OCCCCCCCCCCCCOC(=O)C=[N+]=[N-])c2)cc1. The molecule has 0 bridgehead atoms. The minimum Gasteiger partial charge on any atom is -0.494 e. The van der Waals surface area contributed by atoms with E-state index in [4.69, 9.17) is 34.0 Å². The highest BCUT2D eigenvalue weighted by Crippen LogP contribution is 2.28. The van der Waals surface area contributed by atoms with E-state index in [0.29, 0.717) is 43.3 Å². The smallest absolute Gasteiger partial charge is 0.413 e. The van der Waals surface area contributed by atoms with Crippen LogP contribution in [0.25, 0.3) is 5.53 Å². The molecule has 0 unspecified atom stereocenters. The number of ether oxygens (including phenoxy) is 6. The minimum absolute atomic E-state index is 0.0242. The van der Waals surface area contributed by atoms with E-state index >= 15 is 0 Å². The third-order valence-electron chi connectivity index (χ3n) is 8.48. The molecule has 0 atom stereocenters. The molecule has 3 aromatic carbocycles. The minimum atomic E-state index is -0.703. The van der Waals surface area contributed by atoms with Crippen molar-refractivity contribution < 1.29 is 52.4 Å². The van der Waals surface area contributed by atoms with Gasteiger partial charge in [-0.05, 0) is 92.4 Å². The highest BCUT2D eigenvalue weighted by atomic mass is 16.6. The first-order valence-electron chi connectivity index (χ1n) is 19.4. The summed E-state index contributed by atoms with van der Waals surface area (Å²) in [7, 11) is 0. The average molecular weight is 759 g/mol. The van der Waals surface area contributed by atoms with Crippen molar-refractivity contribution >= 4 is 30.1 Å². The monoisotopic (exact) mass is 758 g/mol. The molecule has 0 fully saturated rings. The first kappa shape index (κ1) is 43.9. The second-order valence-corrected chi connectivity index (χ2v) is 13.0. The summed E-state index contributed by atoms with van der Waals surface area (Å²) in [5, 5.41) is 0. The van der Waals surface area contributed by atoms with Crippen LogP contribution in [-0.2, 0) is 14.3 Å². The summed E-state index contributed by atoms with van der Waals surface area (Å²) < 4.78 is 33.1.